The number of rotatable bonds is 3. The van der Waals surface area contributed by atoms with Crippen LogP contribution in [0.3, 0.4) is 0 Å². The Morgan fingerprint density at radius 1 is 1.33 bits per heavy atom. The van der Waals surface area contributed by atoms with E-state index < -0.39 is 18.4 Å². The molecule has 1 fully saturated rings. The molecule has 0 saturated carbocycles. The van der Waals surface area contributed by atoms with Crippen LogP contribution in [-0.4, -0.2) is 53.2 Å². The van der Waals surface area contributed by atoms with Crippen molar-refractivity contribution in [3.8, 4) is 11.3 Å². The van der Waals surface area contributed by atoms with E-state index in [1.54, 1.807) is 30.6 Å². The lowest BCUT2D eigenvalue weighted by atomic mass is 10.2. The van der Waals surface area contributed by atoms with Gasteiger partial charge in [0.05, 0.1) is 12.2 Å². The van der Waals surface area contributed by atoms with Crippen molar-refractivity contribution in [2.75, 3.05) is 24.5 Å². The molecule has 1 aliphatic heterocycles. The Kier molecular flexibility index (Phi) is 4.38. The zero-order chi connectivity index (χ0) is 17.2. The third-order valence-electron chi connectivity index (χ3n) is 3.52. The molecule has 0 radical (unpaired) electrons. The van der Waals surface area contributed by atoms with Gasteiger partial charge in [-0.25, -0.2) is 9.78 Å². The predicted molar refractivity (Wildman–Crippen MR) is 78.0 cm³/mol. The SMILES string of the molecule is O=C(OC1CNCCN1c1ccc(-c2ccn[nH]2)cn1)C(F)(F)F. The highest BCUT2D eigenvalue weighted by Crippen LogP contribution is 2.23. The van der Waals surface area contributed by atoms with Gasteiger partial charge in [0.15, 0.2) is 6.23 Å². The molecule has 1 saturated heterocycles. The Balaban J connectivity index is 1.76. The van der Waals surface area contributed by atoms with Gasteiger partial charge < -0.3 is 15.0 Å². The first-order valence-electron chi connectivity index (χ1n) is 7.16. The van der Waals surface area contributed by atoms with Crippen LogP contribution in [0, 0.1) is 0 Å². The molecule has 128 valence electrons. The second-order valence-corrected chi connectivity index (χ2v) is 5.13. The van der Waals surface area contributed by atoms with E-state index in [9.17, 15) is 18.0 Å². The number of ether oxygens (including phenoxy) is 1. The van der Waals surface area contributed by atoms with Crippen molar-refractivity contribution < 1.29 is 22.7 Å². The molecule has 7 nitrogen and oxygen atoms in total. The second-order valence-electron chi connectivity index (χ2n) is 5.13. The number of alkyl halides is 3. The molecule has 0 spiro atoms. The van der Waals surface area contributed by atoms with Crippen molar-refractivity contribution in [1.29, 1.82) is 0 Å². The Labute approximate surface area is 134 Å². The molecular weight excluding hydrogens is 327 g/mol. The predicted octanol–water partition coefficient (Wildman–Crippen LogP) is 1.31. The standard InChI is InChI=1S/C14H14F3N5O2/c15-14(16,17)13(23)24-12-8-18-5-6-22(12)11-2-1-9(7-19-11)10-3-4-20-21-10/h1-4,7,12,18H,5-6,8H2,(H,20,21). The van der Waals surface area contributed by atoms with Gasteiger partial charge in [-0.3, -0.25) is 5.10 Å². The summed E-state index contributed by atoms with van der Waals surface area (Å²) in [5, 5.41) is 9.54. The lowest BCUT2D eigenvalue weighted by Gasteiger charge is -2.36. The number of hydrogen-bond acceptors (Lipinski definition) is 6. The van der Waals surface area contributed by atoms with E-state index >= 15 is 0 Å². The number of halogens is 3. The maximum Gasteiger partial charge on any atom is 0.491 e. The van der Waals surface area contributed by atoms with Gasteiger partial charge in [-0.1, -0.05) is 0 Å². The van der Waals surface area contributed by atoms with Gasteiger partial charge in [-0.2, -0.15) is 18.3 Å². The molecule has 3 heterocycles. The molecular formula is C14H14F3N5O2. The number of carbonyl (C=O) groups is 1. The minimum atomic E-state index is -5.03. The van der Waals surface area contributed by atoms with Crippen LogP contribution in [0.25, 0.3) is 11.3 Å². The highest BCUT2D eigenvalue weighted by Gasteiger charge is 2.43. The highest BCUT2D eigenvalue weighted by atomic mass is 19.4. The van der Waals surface area contributed by atoms with Crippen molar-refractivity contribution in [3.05, 3.63) is 30.6 Å². The van der Waals surface area contributed by atoms with E-state index in [2.05, 4.69) is 25.2 Å². The van der Waals surface area contributed by atoms with Gasteiger partial charge in [-0.05, 0) is 18.2 Å². The van der Waals surface area contributed by atoms with Crippen molar-refractivity contribution in [3.63, 3.8) is 0 Å². The fraction of sp³-hybridized carbons (Fsp3) is 0.357. The van der Waals surface area contributed by atoms with E-state index in [1.807, 2.05) is 0 Å². The summed E-state index contributed by atoms with van der Waals surface area (Å²) < 4.78 is 41.8. The van der Waals surface area contributed by atoms with Gasteiger partial charge in [0, 0.05) is 31.0 Å². The normalized spacial score (nSPS) is 18.5. The van der Waals surface area contributed by atoms with E-state index in [1.165, 1.54) is 4.90 Å². The average molecular weight is 341 g/mol. The Hall–Kier alpha value is -2.62. The number of anilines is 1. The number of aromatic amines is 1. The fourth-order valence-corrected chi connectivity index (χ4v) is 2.37. The number of pyridine rings is 1. The van der Waals surface area contributed by atoms with E-state index in [4.69, 9.17) is 0 Å². The summed E-state index contributed by atoms with van der Waals surface area (Å²) in [6, 6.07) is 5.20. The van der Waals surface area contributed by atoms with Crippen LogP contribution >= 0.6 is 0 Å². The van der Waals surface area contributed by atoms with Crippen molar-refractivity contribution in [2.24, 2.45) is 0 Å². The summed E-state index contributed by atoms with van der Waals surface area (Å²) in [5.41, 5.74) is 1.56. The van der Waals surface area contributed by atoms with Crippen molar-refractivity contribution >= 4 is 11.8 Å². The van der Waals surface area contributed by atoms with Crippen molar-refractivity contribution in [1.82, 2.24) is 20.5 Å². The number of nitrogens with one attached hydrogen (secondary N) is 2. The number of hydrogen-bond donors (Lipinski definition) is 2. The van der Waals surface area contributed by atoms with Crippen LogP contribution in [0.5, 0.6) is 0 Å². The number of carbonyl (C=O) groups excluding carboxylic acids is 1. The highest BCUT2D eigenvalue weighted by molar-refractivity contribution is 5.76. The van der Waals surface area contributed by atoms with Crippen LogP contribution in [0.2, 0.25) is 0 Å². The lowest BCUT2D eigenvalue weighted by molar-refractivity contribution is -0.205. The summed E-state index contributed by atoms with van der Waals surface area (Å²) in [6.45, 7) is 1.00. The maximum absolute atomic E-state index is 12.4. The van der Waals surface area contributed by atoms with E-state index in [0.29, 0.717) is 18.9 Å². The number of esters is 1. The molecule has 0 amide bonds. The van der Waals surface area contributed by atoms with Gasteiger partial charge in [-0.15, -0.1) is 0 Å². The largest absolute Gasteiger partial charge is 0.491 e. The van der Waals surface area contributed by atoms with Crippen LogP contribution in [0.15, 0.2) is 30.6 Å². The Bertz CT molecular complexity index is 687. The van der Waals surface area contributed by atoms with Crippen LogP contribution in [0.1, 0.15) is 0 Å². The zero-order valence-electron chi connectivity index (χ0n) is 12.4. The fourth-order valence-electron chi connectivity index (χ4n) is 2.37. The molecule has 1 aliphatic rings. The summed E-state index contributed by atoms with van der Waals surface area (Å²) in [5.74, 6) is -1.78. The zero-order valence-corrected chi connectivity index (χ0v) is 12.4. The lowest BCUT2D eigenvalue weighted by Crippen LogP contribution is -2.54. The number of aromatic nitrogens is 3. The summed E-state index contributed by atoms with van der Waals surface area (Å²) >= 11 is 0. The summed E-state index contributed by atoms with van der Waals surface area (Å²) in [7, 11) is 0. The third kappa shape index (κ3) is 3.48. The van der Waals surface area contributed by atoms with Gasteiger partial charge in [0.25, 0.3) is 0 Å². The van der Waals surface area contributed by atoms with Gasteiger partial charge in [0.1, 0.15) is 5.82 Å². The number of H-pyrrole nitrogens is 1. The first-order valence-corrected chi connectivity index (χ1v) is 7.16. The van der Waals surface area contributed by atoms with Crippen LogP contribution in [0.4, 0.5) is 19.0 Å². The maximum atomic E-state index is 12.4. The van der Waals surface area contributed by atoms with Crippen LogP contribution in [-0.2, 0) is 9.53 Å². The topological polar surface area (TPSA) is 83.1 Å². The van der Waals surface area contributed by atoms with E-state index in [0.717, 1.165) is 11.3 Å². The third-order valence-corrected chi connectivity index (χ3v) is 3.52. The monoisotopic (exact) mass is 341 g/mol. The molecule has 0 bridgehead atoms. The first kappa shape index (κ1) is 16.2. The summed E-state index contributed by atoms with van der Waals surface area (Å²) in [4.78, 5) is 16.9. The minimum absolute atomic E-state index is 0.0891. The van der Waals surface area contributed by atoms with Crippen molar-refractivity contribution in [2.45, 2.75) is 12.4 Å². The molecule has 3 rings (SSSR count). The minimum Gasteiger partial charge on any atom is -0.433 e. The molecule has 2 aromatic rings. The molecule has 1 atom stereocenters. The smallest absolute Gasteiger partial charge is 0.433 e. The molecule has 0 aliphatic carbocycles. The second kappa shape index (κ2) is 6.48. The molecule has 2 aromatic heterocycles. The first-order chi connectivity index (χ1) is 11.4. The Morgan fingerprint density at radius 2 is 2.17 bits per heavy atom. The van der Waals surface area contributed by atoms with Gasteiger partial charge >= 0.3 is 12.1 Å². The molecule has 2 N–H and O–H groups in total. The Morgan fingerprint density at radius 3 is 2.79 bits per heavy atom. The quantitative estimate of drug-likeness (QED) is 0.819. The van der Waals surface area contributed by atoms with E-state index in [-0.39, 0.29) is 6.54 Å². The molecule has 1 unspecified atom stereocenters. The number of piperazine rings is 1. The van der Waals surface area contributed by atoms with Crippen LogP contribution < -0.4 is 10.2 Å². The molecule has 10 heteroatoms. The van der Waals surface area contributed by atoms with Gasteiger partial charge in [0.2, 0.25) is 0 Å². The summed E-state index contributed by atoms with van der Waals surface area (Å²) in [6.07, 6.45) is -2.92. The number of nitrogens with zero attached hydrogens (tertiary/aromatic N) is 3. The molecule has 0 aromatic carbocycles. The average Bonchev–Trinajstić information content (AvgIpc) is 3.09. The molecule has 24 heavy (non-hydrogen) atoms.